The zero-order valence-corrected chi connectivity index (χ0v) is 12.8. The molecule has 0 bridgehead atoms. The first-order valence-electron chi connectivity index (χ1n) is 6.39. The van der Waals surface area contributed by atoms with Crippen LogP contribution in [0.5, 0.6) is 0 Å². The minimum absolute atomic E-state index is 0.140. The van der Waals surface area contributed by atoms with Gasteiger partial charge in [0.1, 0.15) is 5.60 Å². The van der Waals surface area contributed by atoms with E-state index in [1.54, 1.807) is 57.3 Å². The van der Waals surface area contributed by atoms with Crippen molar-refractivity contribution >= 4 is 17.2 Å². The molecule has 0 radical (unpaired) electrons. The lowest BCUT2D eigenvalue weighted by Crippen LogP contribution is -2.27. The van der Waals surface area contributed by atoms with Crippen LogP contribution >= 0.6 is 0 Å². The molecule has 112 valence electrons. The number of rotatable bonds is 2. The van der Waals surface area contributed by atoms with Gasteiger partial charge in [-0.15, -0.1) is 0 Å². The van der Waals surface area contributed by atoms with Crippen molar-refractivity contribution in [1.29, 1.82) is 0 Å². The Bertz CT molecular complexity index is 685. The normalized spacial score (nSPS) is 13.0. The summed E-state index contributed by atoms with van der Waals surface area (Å²) in [5, 5.41) is 0. The van der Waals surface area contributed by atoms with Crippen LogP contribution in [0, 0.1) is 0 Å². The van der Waals surface area contributed by atoms with Gasteiger partial charge in [0.25, 0.3) is 0 Å². The second kappa shape index (κ2) is 5.83. The van der Waals surface area contributed by atoms with E-state index in [0.717, 1.165) is 0 Å². The van der Waals surface area contributed by atoms with E-state index in [9.17, 15) is 13.6 Å². The van der Waals surface area contributed by atoms with Gasteiger partial charge in [0.15, 0.2) is 0 Å². The topological polar surface area (TPSA) is 71.4 Å². The van der Waals surface area contributed by atoms with E-state index < -0.39 is 22.8 Å². The molecule has 2 rings (SSSR count). The summed E-state index contributed by atoms with van der Waals surface area (Å²) >= 11 is -2.38. The van der Waals surface area contributed by atoms with E-state index in [2.05, 4.69) is 0 Å². The lowest BCUT2D eigenvalue weighted by atomic mass is 10.1. The number of carbonyl (C=O) groups is 1. The molecule has 0 N–H and O–H groups in total. The molecule has 0 aliphatic heterocycles. The Kier molecular flexibility index (Phi) is 4.29. The van der Waals surface area contributed by atoms with E-state index in [1.807, 2.05) is 0 Å². The number of nitrogens with zero attached hydrogens (tertiary/aromatic N) is 1. The molecule has 0 aliphatic rings. The van der Waals surface area contributed by atoms with Crippen LogP contribution in [0.1, 0.15) is 20.8 Å². The first-order chi connectivity index (χ1) is 9.79. The maximum Gasteiger partial charge on any atom is 0.418 e. The Labute approximate surface area is 125 Å². The van der Waals surface area contributed by atoms with Gasteiger partial charge >= 0.3 is 6.09 Å². The smallest absolute Gasteiger partial charge is 0.418 e. The van der Waals surface area contributed by atoms with Gasteiger partial charge in [-0.25, -0.2) is 4.79 Å². The fourth-order valence-corrected chi connectivity index (χ4v) is 2.44. The minimum atomic E-state index is -2.38. The molecule has 1 aromatic carbocycles. The Balaban J connectivity index is 2.47. The quantitative estimate of drug-likeness (QED) is 0.799. The molecule has 0 saturated heterocycles. The Morgan fingerprint density at radius 1 is 1.19 bits per heavy atom. The van der Waals surface area contributed by atoms with E-state index in [1.165, 1.54) is 10.6 Å². The number of ether oxygens (including phenoxy) is 1. The highest BCUT2D eigenvalue weighted by Gasteiger charge is 2.20. The summed E-state index contributed by atoms with van der Waals surface area (Å²) < 4.78 is 29.2. The fraction of sp³-hybridized carbons (Fsp3) is 0.267. The Morgan fingerprint density at radius 2 is 1.86 bits per heavy atom. The molecule has 0 fully saturated rings. The molecule has 1 atom stereocenters. The standard InChI is InChI=1S/C15H17NO4S/c1-15(2,3)20-14(17)16-10-6-8-12(16)11-7-4-5-9-13(11)21(18)19/h4-10H,1-3H3,(H,18,19)/p-1. The minimum Gasteiger partial charge on any atom is -0.768 e. The average Bonchev–Trinajstić information content (AvgIpc) is 2.85. The predicted octanol–water partition coefficient (Wildman–Crippen LogP) is 3.18. The van der Waals surface area contributed by atoms with Gasteiger partial charge in [0.05, 0.1) is 5.69 Å². The second-order valence-electron chi connectivity index (χ2n) is 5.47. The number of aromatic nitrogens is 1. The molecular weight excluding hydrogens is 290 g/mol. The molecule has 2 aromatic rings. The third-order valence-corrected chi connectivity index (χ3v) is 3.40. The molecule has 5 nitrogen and oxygen atoms in total. The number of carbonyl (C=O) groups excluding carboxylic acids is 1. The third-order valence-electron chi connectivity index (χ3n) is 2.68. The SMILES string of the molecule is CC(C)(C)OC(=O)n1cccc1-c1ccccc1S(=O)[O-]. The van der Waals surface area contributed by atoms with Gasteiger partial charge in [0, 0.05) is 16.7 Å². The Hall–Kier alpha value is -1.92. The van der Waals surface area contributed by atoms with Crippen LogP contribution in [-0.4, -0.2) is 25.0 Å². The number of benzene rings is 1. The van der Waals surface area contributed by atoms with Crippen molar-refractivity contribution in [2.24, 2.45) is 0 Å². The average molecular weight is 306 g/mol. The highest BCUT2D eigenvalue weighted by Crippen LogP contribution is 2.27. The van der Waals surface area contributed by atoms with Gasteiger partial charge in [-0.1, -0.05) is 18.2 Å². The van der Waals surface area contributed by atoms with Gasteiger partial charge in [0.2, 0.25) is 0 Å². The van der Waals surface area contributed by atoms with Crippen molar-refractivity contribution in [2.45, 2.75) is 31.3 Å². The van der Waals surface area contributed by atoms with Crippen LogP contribution in [-0.2, 0) is 15.8 Å². The molecule has 0 spiro atoms. The van der Waals surface area contributed by atoms with Crippen LogP contribution in [0.25, 0.3) is 11.3 Å². The monoisotopic (exact) mass is 306 g/mol. The predicted molar refractivity (Wildman–Crippen MR) is 78.7 cm³/mol. The number of hydrogen-bond acceptors (Lipinski definition) is 4. The largest absolute Gasteiger partial charge is 0.768 e. The van der Waals surface area contributed by atoms with Gasteiger partial charge in [-0.05, 0) is 50.1 Å². The zero-order valence-electron chi connectivity index (χ0n) is 12.0. The summed E-state index contributed by atoms with van der Waals surface area (Å²) in [6.45, 7) is 5.32. The van der Waals surface area contributed by atoms with Crippen LogP contribution in [0.15, 0.2) is 47.5 Å². The second-order valence-corrected chi connectivity index (χ2v) is 6.38. The Morgan fingerprint density at radius 3 is 2.48 bits per heavy atom. The van der Waals surface area contributed by atoms with E-state index in [-0.39, 0.29) is 4.90 Å². The highest BCUT2D eigenvalue weighted by atomic mass is 32.2. The molecular formula is C15H16NO4S-. The summed E-state index contributed by atoms with van der Waals surface area (Å²) in [5.41, 5.74) is 0.310. The molecule has 21 heavy (non-hydrogen) atoms. The molecule has 1 aromatic heterocycles. The van der Waals surface area contributed by atoms with Gasteiger partial charge < -0.3 is 9.29 Å². The lowest BCUT2D eigenvalue weighted by molar-refractivity contribution is 0.0540. The summed E-state index contributed by atoms with van der Waals surface area (Å²) in [5.74, 6) is 0. The maximum atomic E-state index is 12.2. The summed E-state index contributed by atoms with van der Waals surface area (Å²) in [6, 6.07) is 9.85. The molecule has 0 saturated carbocycles. The number of hydrogen-bond donors (Lipinski definition) is 0. The maximum absolute atomic E-state index is 12.2. The molecule has 6 heteroatoms. The van der Waals surface area contributed by atoms with E-state index >= 15 is 0 Å². The summed E-state index contributed by atoms with van der Waals surface area (Å²) in [7, 11) is 0. The third kappa shape index (κ3) is 3.59. The zero-order chi connectivity index (χ0) is 15.6. The molecule has 0 aliphatic carbocycles. The van der Waals surface area contributed by atoms with Gasteiger partial charge in [-0.2, -0.15) is 0 Å². The van der Waals surface area contributed by atoms with Crippen molar-refractivity contribution < 1.29 is 18.3 Å². The molecule has 1 heterocycles. The van der Waals surface area contributed by atoms with Crippen molar-refractivity contribution in [1.82, 2.24) is 4.57 Å². The fourth-order valence-electron chi connectivity index (χ4n) is 1.89. The van der Waals surface area contributed by atoms with Crippen LogP contribution in [0.2, 0.25) is 0 Å². The summed E-state index contributed by atoms with van der Waals surface area (Å²) in [6.07, 6.45) is 1.00. The first kappa shape index (κ1) is 15.5. The molecule has 0 amide bonds. The van der Waals surface area contributed by atoms with Crippen LogP contribution < -0.4 is 0 Å². The van der Waals surface area contributed by atoms with Crippen molar-refractivity contribution in [3.8, 4) is 11.3 Å². The van der Waals surface area contributed by atoms with E-state index in [0.29, 0.717) is 11.3 Å². The molecule has 1 unspecified atom stereocenters. The lowest BCUT2D eigenvalue weighted by Gasteiger charge is -2.21. The van der Waals surface area contributed by atoms with Crippen molar-refractivity contribution in [3.63, 3.8) is 0 Å². The van der Waals surface area contributed by atoms with E-state index in [4.69, 9.17) is 4.74 Å². The van der Waals surface area contributed by atoms with Crippen LogP contribution in [0.4, 0.5) is 4.79 Å². The van der Waals surface area contributed by atoms with Crippen molar-refractivity contribution in [2.75, 3.05) is 0 Å². The van der Waals surface area contributed by atoms with Crippen molar-refractivity contribution in [3.05, 3.63) is 42.6 Å². The first-order valence-corrected chi connectivity index (χ1v) is 7.46. The van der Waals surface area contributed by atoms with Gasteiger partial charge in [-0.3, -0.25) is 8.78 Å². The summed E-state index contributed by atoms with van der Waals surface area (Å²) in [4.78, 5) is 12.3. The van der Waals surface area contributed by atoms with Crippen LogP contribution in [0.3, 0.4) is 0 Å². The highest BCUT2D eigenvalue weighted by molar-refractivity contribution is 7.79.